The van der Waals surface area contributed by atoms with E-state index in [0.29, 0.717) is 24.2 Å². The number of ether oxygens (including phenoxy) is 1. The van der Waals surface area contributed by atoms with Gasteiger partial charge in [-0.2, -0.15) is 0 Å². The van der Waals surface area contributed by atoms with Crippen LogP contribution in [0.3, 0.4) is 0 Å². The van der Waals surface area contributed by atoms with Crippen LogP contribution in [0.5, 0.6) is 0 Å². The zero-order valence-electron chi connectivity index (χ0n) is 21.3. The van der Waals surface area contributed by atoms with Crippen molar-refractivity contribution in [3.63, 3.8) is 0 Å². The van der Waals surface area contributed by atoms with Crippen LogP contribution in [0.2, 0.25) is 5.02 Å². The van der Waals surface area contributed by atoms with E-state index in [1.807, 2.05) is 22.8 Å². The second kappa shape index (κ2) is 11.2. The van der Waals surface area contributed by atoms with Crippen molar-refractivity contribution in [1.82, 2.24) is 14.5 Å². The average Bonchev–Trinajstić information content (AvgIpc) is 3.28. The quantitative estimate of drug-likeness (QED) is 0.305. The van der Waals surface area contributed by atoms with Gasteiger partial charge in [-0.25, -0.2) is 14.4 Å². The molecule has 0 bridgehead atoms. The molecule has 8 heteroatoms. The molecule has 2 N–H and O–H groups in total. The lowest BCUT2D eigenvalue weighted by atomic mass is 9.90. The standard InChI is InChI=1S/C29H33ClFN5O/c1-19(17-37-2)36(24-9-7-23(32)8-10-24)29-14-25(26(30)15-33-29)21-6-11-27-28(13-21)35(18-34-27)16-20-4-3-5-22(31)12-20/h3-6,11-15,18-19,23-24H,7-10,16-17,32H2,1-2H3/t19?,23-,24-. The fourth-order valence-electron chi connectivity index (χ4n) is 5.45. The minimum atomic E-state index is -0.245. The second-order valence-corrected chi connectivity index (χ2v) is 10.4. The summed E-state index contributed by atoms with van der Waals surface area (Å²) in [6.07, 6.45) is 7.60. The van der Waals surface area contributed by atoms with Crippen molar-refractivity contribution >= 4 is 28.5 Å². The highest BCUT2D eigenvalue weighted by molar-refractivity contribution is 6.33. The molecule has 1 atom stereocenters. The third kappa shape index (κ3) is 5.64. The van der Waals surface area contributed by atoms with Crippen LogP contribution in [0.1, 0.15) is 38.2 Å². The fraction of sp³-hybridized carbons (Fsp3) is 0.379. The SMILES string of the molecule is COCC(C)N(c1cc(-c2ccc3ncn(Cc4cccc(F)c4)c3c2)c(Cl)cn1)[C@H]1CC[C@H](N)CC1. The van der Waals surface area contributed by atoms with Gasteiger partial charge in [0.05, 0.1) is 35.0 Å². The number of halogens is 2. The minimum Gasteiger partial charge on any atom is -0.383 e. The van der Waals surface area contributed by atoms with Crippen LogP contribution in [-0.2, 0) is 11.3 Å². The van der Waals surface area contributed by atoms with Gasteiger partial charge in [0.2, 0.25) is 0 Å². The van der Waals surface area contributed by atoms with Gasteiger partial charge in [0.15, 0.2) is 0 Å². The molecular weight excluding hydrogens is 489 g/mol. The van der Waals surface area contributed by atoms with Gasteiger partial charge in [0.25, 0.3) is 0 Å². The van der Waals surface area contributed by atoms with Crippen molar-refractivity contribution in [2.75, 3.05) is 18.6 Å². The van der Waals surface area contributed by atoms with Crippen molar-refractivity contribution in [3.05, 3.63) is 77.5 Å². The molecule has 0 spiro atoms. The largest absolute Gasteiger partial charge is 0.383 e. The number of hydrogen-bond acceptors (Lipinski definition) is 5. The van der Waals surface area contributed by atoms with Gasteiger partial charge in [0, 0.05) is 37.5 Å². The van der Waals surface area contributed by atoms with Crippen LogP contribution in [0.4, 0.5) is 10.2 Å². The van der Waals surface area contributed by atoms with Crippen molar-refractivity contribution in [1.29, 1.82) is 0 Å². The molecule has 194 valence electrons. The maximum absolute atomic E-state index is 13.7. The van der Waals surface area contributed by atoms with E-state index in [9.17, 15) is 4.39 Å². The molecule has 1 fully saturated rings. The van der Waals surface area contributed by atoms with E-state index < -0.39 is 0 Å². The summed E-state index contributed by atoms with van der Waals surface area (Å²) in [7, 11) is 1.73. The smallest absolute Gasteiger partial charge is 0.129 e. The Labute approximate surface area is 222 Å². The number of imidazole rings is 1. The lowest BCUT2D eigenvalue weighted by molar-refractivity contribution is 0.174. The van der Waals surface area contributed by atoms with Gasteiger partial charge in [-0.15, -0.1) is 0 Å². The molecule has 37 heavy (non-hydrogen) atoms. The fourth-order valence-corrected chi connectivity index (χ4v) is 5.66. The molecule has 1 saturated carbocycles. The molecule has 2 heterocycles. The van der Waals surface area contributed by atoms with Gasteiger partial charge in [0.1, 0.15) is 11.6 Å². The molecule has 2 aromatic carbocycles. The summed E-state index contributed by atoms with van der Waals surface area (Å²) < 4.78 is 21.3. The zero-order valence-corrected chi connectivity index (χ0v) is 22.0. The number of methoxy groups -OCH3 is 1. The summed E-state index contributed by atoms with van der Waals surface area (Å²) in [5.41, 5.74) is 10.8. The maximum Gasteiger partial charge on any atom is 0.129 e. The highest BCUT2D eigenvalue weighted by Crippen LogP contribution is 2.35. The highest BCUT2D eigenvalue weighted by atomic mass is 35.5. The van der Waals surface area contributed by atoms with E-state index in [1.54, 1.807) is 31.8 Å². The van der Waals surface area contributed by atoms with E-state index in [4.69, 9.17) is 27.1 Å². The Morgan fingerprint density at radius 3 is 2.70 bits per heavy atom. The summed E-state index contributed by atoms with van der Waals surface area (Å²) in [5.74, 6) is 0.642. The number of aromatic nitrogens is 3. The van der Waals surface area contributed by atoms with Crippen LogP contribution in [0.25, 0.3) is 22.2 Å². The Hall–Kier alpha value is -3.00. The highest BCUT2D eigenvalue weighted by Gasteiger charge is 2.29. The number of hydrogen-bond donors (Lipinski definition) is 1. The molecule has 0 aliphatic heterocycles. The molecule has 0 radical (unpaired) electrons. The Kier molecular flexibility index (Phi) is 7.74. The van der Waals surface area contributed by atoms with E-state index in [-0.39, 0.29) is 17.9 Å². The molecule has 0 amide bonds. The molecule has 4 aromatic rings. The van der Waals surface area contributed by atoms with E-state index in [0.717, 1.165) is 59.2 Å². The Balaban J connectivity index is 1.50. The van der Waals surface area contributed by atoms with Gasteiger partial charge in [-0.3, -0.25) is 0 Å². The van der Waals surface area contributed by atoms with Crippen LogP contribution >= 0.6 is 11.6 Å². The first-order valence-corrected chi connectivity index (χ1v) is 13.2. The predicted octanol–water partition coefficient (Wildman–Crippen LogP) is 6.05. The first kappa shape index (κ1) is 25.6. The normalized spacial score (nSPS) is 18.7. The number of anilines is 1. The average molecular weight is 522 g/mol. The van der Waals surface area contributed by atoms with Crippen molar-refractivity contribution in [2.24, 2.45) is 5.73 Å². The zero-order chi connectivity index (χ0) is 25.9. The Bertz CT molecular complexity index is 1370. The first-order chi connectivity index (χ1) is 17.9. The van der Waals surface area contributed by atoms with E-state index >= 15 is 0 Å². The lowest BCUT2D eigenvalue weighted by Gasteiger charge is -2.40. The van der Waals surface area contributed by atoms with Gasteiger partial charge < -0.3 is 19.9 Å². The summed E-state index contributed by atoms with van der Waals surface area (Å²) in [6.45, 7) is 3.30. The number of fused-ring (bicyclic) bond motifs is 1. The monoisotopic (exact) mass is 521 g/mol. The molecule has 6 nitrogen and oxygen atoms in total. The maximum atomic E-state index is 13.7. The summed E-state index contributed by atoms with van der Waals surface area (Å²) in [4.78, 5) is 11.7. The lowest BCUT2D eigenvalue weighted by Crippen LogP contribution is -2.47. The predicted molar refractivity (Wildman–Crippen MR) is 148 cm³/mol. The first-order valence-electron chi connectivity index (χ1n) is 12.8. The molecule has 2 aromatic heterocycles. The van der Waals surface area contributed by atoms with Crippen molar-refractivity contribution in [3.8, 4) is 11.1 Å². The summed E-state index contributed by atoms with van der Waals surface area (Å²) in [6, 6.07) is 15.6. The number of nitrogens with two attached hydrogens (primary N) is 1. The van der Waals surface area contributed by atoms with Crippen LogP contribution < -0.4 is 10.6 Å². The number of pyridine rings is 1. The van der Waals surface area contributed by atoms with Crippen LogP contribution in [0, 0.1) is 5.82 Å². The number of nitrogens with zero attached hydrogens (tertiary/aromatic N) is 4. The molecule has 5 rings (SSSR count). The number of rotatable bonds is 8. The van der Waals surface area contributed by atoms with Gasteiger partial charge >= 0.3 is 0 Å². The van der Waals surface area contributed by atoms with Crippen molar-refractivity contribution in [2.45, 2.75) is 57.3 Å². The van der Waals surface area contributed by atoms with E-state index in [2.05, 4.69) is 28.9 Å². The minimum absolute atomic E-state index is 0.154. The summed E-state index contributed by atoms with van der Waals surface area (Å²) >= 11 is 6.71. The number of benzene rings is 2. The second-order valence-electron chi connectivity index (χ2n) is 10.0. The Morgan fingerprint density at radius 2 is 1.95 bits per heavy atom. The van der Waals surface area contributed by atoms with Crippen LogP contribution in [-0.4, -0.2) is 46.4 Å². The molecular formula is C29H33ClFN5O. The van der Waals surface area contributed by atoms with Gasteiger partial charge in [-0.05, 0) is 74.1 Å². The molecule has 0 saturated heterocycles. The third-order valence-corrected chi connectivity index (χ3v) is 7.60. The molecule has 1 aliphatic carbocycles. The van der Waals surface area contributed by atoms with Crippen molar-refractivity contribution < 1.29 is 9.13 Å². The van der Waals surface area contributed by atoms with Gasteiger partial charge in [-0.1, -0.05) is 29.8 Å². The molecule has 1 aliphatic rings. The topological polar surface area (TPSA) is 69.2 Å². The summed E-state index contributed by atoms with van der Waals surface area (Å²) in [5, 5.41) is 0.587. The molecule has 1 unspecified atom stereocenters. The third-order valence-electron chi connectivity index (χ3n) is 7.30. The van der Waals surface area contributed by atoms with E-state index in [1.165, 1.54) is 6.07 Å². The Morgan fingerprint density at radius 1 is 1.14 bits per heavy atom. The van der Waals surface area contributed by atoms with Crippen LogP contribution in [0.15, 0.2) is 61.1 Å².